The highest BCUT2D eigenvalue weighted by molar-refractivity contribution is 7.10. The predicted molar refractivity (Wildman–Crippen MR) is 63.3 cm³/mol. The zero-order chi connectivity index (χ0) is 12.4. The predicted octanol–water partition coefficient (Wildman–Crippen LogP) is 3.08. The summed E-state index contributed by atoms with van der Waals surface area (Å²) in [6.07, 6.45) is 0. The first-order valence-corrected chi connectivity index (χ1v) is 5.82. The van der Waals surface area contributed by atoms with E-state index in [-0.39, 0.29) is 5.56 Å². The van der Waals surface area contributed by atoms with Gasteiger partial charge in [-0.15, -0.1) is 11.3 Å². The lowest BCUT2D eigenvalue weighted by atomic mass is 10.1. The highest BCUT2D eigenvalue weighted by Gasteiger charge is 2.16. The maximum atomic E-state index is 13.5. The molecule has 1 aromatic heterocycles. The average molecular weight is 255 g/mol. The van der Waals surface area contributed by atoms with Gasteiger partial charge in [0, 0.05) is 21.9 Å². The molecule has 0 saturated carbocycles. The standard InChI is InChI=1S/C12H11F2NOS/c1-16-8-5-11(17-6-8)12(15)9-3-2-7(13)4-10(9)14/h2-6,12H,15H2,1H3. The Morgan fingerprint density at radius 1 is 1.29 bits per heavy atom. The van der Waals surface area contributed by atoms with Crippen molar-refractivity contribution in [1.29, 1.82) is 0 Å². The van der Waals surface area contributed by atoms with Gasteiger partial charge >= 0.3 is 0 Å². The number of methoxy groups -OCH3 is 1. The summed E-state index contributed by atoms with van der Waals surface area (Å²) in [7, 11) is 1.55. The first-order chi connectivity index (χ1) is 8.11. The summed E-state index contributed by atoms with van der Waals surface area (Å²) in [5, 5.41) is 1.79. The molecule has 0 aliphatic heterocycles. The molecule has 2 N–H and O–H groups in total. The van der Waals surface area contributed by atoms with Gasteiger partial charge in [0.15, 0.2) is 0 Å². The van der Waals surface area contributed by atoms with E-state index < -0.39 is 17.7 Å². The van der Waals surface area contributed by atoms with E-state index >= 15 is 0 Å². The number of rotatable bonds is 3. The van der Waals surface area contributed by atoms with Gasteiger partial charge < -0.3 is 10.5 Å². The molecule has 1 heterocycles. The van der Waals surface area contributed by atoms with Crippen molar-refractivity contribution < 1.29 is 13.5 Å². The molecule has 0 radical (unpaired) electrons. The van der Waals surface area contributed by atoms with Crippen molar-refractivity contribution in [3.05, 3.63) is 51.7 Å². The van der Waals surface area contributed by atoms with Crippen molar-refractivity contribution in [3.63, 3.8) is 0 Å². The van der Waals surface area contributed by atoms with E-state index in [0.29, 0.717) is 5.75 Å². The van der Waals surface area contributed by atoms with Gasteiger partial charge in [-0.3, -0.25) is 0 Å². The van der Waals surface area contributed by atoms with Crippen molar-refractivity contribution in [3.8, 4) is 5.75 Å². The fourth-order valence-electron chi connectivity index (χ4n) is 1.51. The normalized spacial score (nSPS) is 12.5. The SMILES string of the molecule is COc1csc(C(N)c2ccc(F)cc2F)c1. The Morgan fingerprint density at radius 2 is 2.06 bits per heavy atom. The van der Waals surface area contributed by atoms with Gasteiger partial charge in [0.25, 0.3) is 0 Å². The molecule has 1 unspecified atom stereocenters. The Labute approximate surface area is 102 Å². The topological polar surface area (TPSA) is 35.2 Å². The maximum absolute atomic E-state index is 13.5. The molecule has 1 atom stereocenters. The van der Waals surface area contributed by atoms with Crippen LogP contribution in [0.4, 0.5) is 8.78 Å². The van der Waals surface area contributed by atoms with Crippen LogP contribution in [0.5, 0.6) is 5.75 Å². The van der Waals surface area contributed by atoms with E-state index in [1.807, 2.05) is 0 Å². The smallest absolute Gasteiger partial charge is 0.131 e. The minimum atomic E-state index is -0.634. The number of benzene rings is 1. The van der Waals surface area contributed by atoms with E-state index in [1.165, 1.54) is 23.5 Å². The van der Waals surface area contributed by atoms with E-state index in [0.717, 1.165) is 10.9 Å². The van der Waals surface area contributed by atoms with Gasteiger partial charge in [-0.25, -0.2) is 8.78 Å². The maximum Gasteiger partial charge on any atom is 0.131 e. The average Bonchev–Trinajstić information content (AvgIpc) is 2.76. The molecule has 0 aliphatic carbocycles. The Balaban J connectivity index is 2.33. The summed E-state index contributed by atoms with van der Waals surface area (Å²) in [5.41, 5.74) is 6.20. The van der Waals surface area contributed by atoms with Gasteiger partial charge in [0.05, 0.1) is 13.2 Å². The van der Waals surface area contributed by atoms with Crippen LogP contribution in [-0.4, -0.2) is 7.11 Å². The number of thiophene rings is 1. The molecule has 90 valence electrons. The molecule has 0 amide bonds. The van der Waals surface area contributed by atoms with E-state index in [9.17, 15) is 8.78 Å². The highest BCUT2D eigenvalue weighted by atomic mass is 32.1. The zero-order valence-corrected chi connectivity index (χ0v) is 9.93. The van der Waals surface area contributed by atoms with Gasteiger partial charge in [-0.1, -0.05) is 6.07 Å². The van der Waals surface area contributed by atoms with Crippen LogP contribution < -0.4 is 10.5 Å². The third-order valence-electron chi connectivity index (χ3n) is 2.44. The molecule has 2 rings (SSSR count). The fraction of sp³-hybridized carbons (Fsp3) is 0.167. The molecule has 2 nitrogen and oxygen atoms in total. The second kappa shape index (κ2) is 4.81. The Kier molecular flexibility index (Phi) is 3.40. The number of ether oxygens (including phenoxy) is 1. The molecule has 0 bridgehead atoms. The number of hydrogen-bond donors (Lipinski definition) is 1. The van der Waals surface area contributed by atoms with Crippen LogP contribution in [0.2, 0.25) is 0 Å². The summed E-state index contributed by atoms with van der Waals surface area (Å²) >= 11 is 1.38. The van der Waals surface area contributed by atoms with E-state index in [4.69, 9.17) is 10.5 Å². The van der Waals surface area contributed by atoms with Gasteiger partial charge in [-0.2, -0.15) is 0 Å². The second-order valence-corrected chi connectivity index (χ2v) is 4.48. The van der Waals surface area contributed by atoms with Crippen LogP contribution in [0.25, 0.3) is 0 Å². The molecular weight excluding hydrogens is 244 g/mol. The highest BCUT2D eigenvalue weighted by Crippen LogP contribution is 2.30. The first-order valence-electron chi connectivity index (χ1n) is 4.94. The molecule has 5 heteroatoms. The van der Waals surface area contributed by atoms with Crippen LogP contribution in [0.15, 0.2) is 29.6 Å². The lowest BCUT2D eigenvalue weighted by Gasteiger charge is -2.10. The third-order valence-corrected chi connectivity index (χ3v) is 3.43. The van der Waals surface area contributed by atoms with Gasteiger partial charge in [-0.05, 0) is 12.1 Å². The van der Waals surface area contributed by atoms with Crippen LogP contribution in [0, 0.1) is 11.6 Å². The summed E-state index contributed by atoms with van der Waals surface area (Å²) in [6.45, 7) is 0. The molecule has 0 spiro atoms. The first kappa shape index (κ1) is 12.0. The van der Waals surface area contributed by atoms with Gasteiger partial charge in [0.2, 0.25) is 0 Å². The molecule has 0 saturated heterocycles. The zero-order valence-electron chi connectivity index (χ0n) is 9.11. The van der Waals surface area contributed by atoms with E-state index in [1.54, 1.807) is 18.6 Å². The molecule has 0 fully saturated rings. The number of hydrogen-bond acceptors (Lipinski definition) is 3. The summed E-state index contributed by atoms with van der Waals surface area (Å²) in [4.78, 5) is 0.771. The van der Waals surface area contributed by atoms with Crippen molar-refractivity contribution in [2.75, 3.05) is 7.11 Å². The minimum Gasteiger partial charge on any atom is -0.496 e. The summed E-state index contributed by atoms with van der Waals surface area (Å²) in [6, 6.07) is 4.53. The largest absolute Gasteiger partial charge is 0.496 e. The lowest BCUT2D eigenvalue weighted by molar-refractivity contribution is 0.416. The number of nitrogens with two attached hydrogens (primary N) is 1. The van der Waals surface area contributed by atoms with Gasteiger partial charge in [0.1, 0.15) is 17.4 Å². The van der Waals surface area contributed by atoms with Crippen LogP contribution in [0.1, 0.15) is 16.5 Å². The quantitative estimate of drug-likeness (QED) is 0.914. The Morgan fingerprint density at radius 3 is 2.65 bits per heavy atom. The minimum absolute atomic E-state index is 0.274. The van der Waals surface area contributed by atoms with Crippen LogP contribution >= 0.6 is 11.3 Å². The van der Waals surface area contributed by atoms with Crippen molar-refractivity contribution in [1.82, 2.24) is 0 Å². The summed E-state index contributed by atoms with van der Waals surface area (Å²) in [5.74, 6) is -0.560. The summed E-state index contributed by atoms with van der Waals surface area (Å²) < 4.78 is 31.3. The number of halogens is 2. The molecule has 0 aliphatic rings. The van der Waals surface area contributed by atoms with Crippen LogP contribution in [0.3, 0.4) is 0 Å². The Hall–Kier alpha value is -1.46. The Bertz CT molecular complexity index is 527. The van der Waals surface area contributed by atoms with Crippen LogP contribution in [-0.2, 0) is 0 Å². The molecule has 1 aromatic carbocycles. The monoisotopic (exact) mass is 255 g/mol. The van der Waals surface area contributed by atoms with Crippen molar-refractivity contribution in [2.45, 2.75) is 6.04 Å². The lowest BCUT2D eigenvalue weighted by Crippen LogP contribution is -2.12. The molecule has 17 heavy (non-hydrogen) atoms. The molecular formula is C12H11F2NOS. The third kappa shape index (κ3) is 2.45. The second-order valence-electron chi connectivity index (χ2n) is 3.53. The van der Waals surface area contributed by atoms with Crippen molar-refractivity contribution in [2.24, 2.45) is 5.73 Å². The van der Waals surface area contributed by atoms with Crippen molar-refractivity contribution >= 4 is 11.3 Å². The van der Waals surface area contributed by atoms with E-state index in [2.05, 4.69) is 0 Å². The molecule has 2 aromatic rings. The fourth-order valence-corrected chi connectivity index (χ4v) is 2.39.